The second-order valence-corrected chi connectivity index (χ2v) is 18.4. The Bertz CT molecular complexity index is 2940. The highest BCUT2D eigenvalue weighted by atomic mass is 32.2. The normalized spacial score (nSPS) is 24.1. The van der Waals surface area contributed by atoms with Crippen molar-refractivity contribution in [3.63, 3.8) is 0 Å². The predicted octanol–water partition coefficient (Wildman–Crippen LogP) is 10.9. The maximum Gasteiger partial charge on any atom is 0.207 e. The summed E-state index contributed by atoms with van der Waals surface area (Å²) in [6.07, 6.45) is 6.03. The van der Waals surface area contributed by atoms with Gasteiger partial charge < -0.3 is 4.57 Å². The lowest BCUT2D eigenvalue weighted by atomic mass is 9.42. The van der Waals surface area contributed by atoms with Crippen LogP contribution in [0, 0.1) is 23.7 Å². The van der Waals surface area contributed by atoms with Crippen molar-refractivity contribution < 1.29 is 8.42 Å². The highest BCUT2D eigenvalue weighted by Gasteiger charge is 2.62. The number of para-hydroxylation sites is 2. The van der Waals surface area contributed by atoms with Crippen LogP contribution in [0.2, 0.25) is 0 Å². The number of rotatable bonds is 4. The lowest BCUT2D eigenvalue weighted by Gasteiger charge is -2.63. The van der Waals surface area contributed by atoms with Crippen molar-refractivity contribution in [3.05, 3.63) is 157 Å². The molecule has 3 heterocycles. The van der Waals surface area contributed by atoms with Gasteiger partial charge in [0, 0.05) is 38.6 Å². The number of hydrogen-bond acceptors (Lipinski definition) is 5. The Hall–Kier alpha value is -5.92. The quantitative estimate of drug-likeness (QED) is 0.179. The lowest BCUT2D eigenvalue weighted by molar-refractivity contribution is -0.0446. The number of sulfone groups is 1. The zero-order chi connectivity index (χ0) is 37.2. The fraction of sp³-hybridized carbons (Fsp3) is 0.204. The van der Waals surface area contributed by atoms with Gasteiger partial charge in [0.25, 0.3) is 0 Å². The molecule has 4 fully saturated rings. The van der Waals surface area contributed by atoms with E-state index in [-0.39, 0.29) is 5.41 Å². The zero-order valence-corrected chi connectivity index (χ0v) is 31.5. The largest absolute Gasteiger partial charge is 0.309 e. The molecule has 1 spiro atoms. The molecule has 2 aromatic heterocycles. The summed E-state index contributed by atoms with van der Waals surface area (Å²) in [5, 5.41) is 2.39. The van der Waals surface area contributed by atoms with Gasteiger partial charge >= 0.3 is 0 Å². The van der Waals surface area contributed by atoms with E-state index in [1.807, 2.05) is 66.7 Å². The standard InChI is InChI=1S/C49H38N4O2S/c54-56(55)44-20-9-6-17-40(44)49(35-24-30-23-31(26-35)27-36(49)25-30)41-22-21-34(29-45(41)56)48-51-46(32-11-2-1-3-12-32)50-47(52-48)33-13-10-14-37(28-33)53-42-18-7-4-15-38(42)39-16-5-8-19-43(39)53/h1-22,28-31,35-36H,23-27H2. The highest BCUT2D eigenvalue weighted by molar-refractivity contribution is 7.91. The van der Waals surface area contributed by atoms with Crippen LogP contribution >= 0.6 is 0 Å². The molecule has 0 saturated heterocycles. The van der Waals surface area contributed by atoms with Crippen LogP contribution < -0.4 is 0 Å². The molecule has 4 bridgehead atoms. The maximum absolute atomic E-state index is 14.8. The molecule has 6 aromatic carbocycles. The fourth-order valence-electron chi connectivity index (χ4n) is 11.7. The first-order valence-electron chi connectivity index (χ1n) is 19.9. The van der Waals surface area contributed by atoms with Gasteiger partial charge in [0.1, 0.15) is 0 Å². The van der Waals surface area contributed by atoms with Gasteiger partial charge in [-0.2, -0.15) is 0 Å². The van der Waals surface area contributed by atoms with Crippen molar-refractivity contribution in [1.29, 1.82) is 0 Å². The third-order valence-corrected chi connectivity index (χ3v) is 15.5. The molecule has 4 saturated carbocycles. The van der Waals surface area contributed by atoms with Crippen LogP contribution in [-0.4, -0.2) is 27.9 Å². The first kappa shape index (κ1) is 32.3. The minimum Gasteiger partial charge on any atom is -0.309 e. The number of nitrogens with zero attached hydrogens (tertiary/aromatic N) is 4. The topological polar surface area (TPSA) is 77.7 Å². The third kappa shape index (κ3) is 4.49. The SMILES string of the molecule is O=S1(=O)c2ccccc2C2(c3ccc(-c4nc(-c5ccccc5)nc(-c5cccc(-n6c7ccccc7c7ccccc76)c5)n4)cc31)C1CC3CC(C1)CC2C3. The first-order valence-corrected chi connectivity index (χ1v) is 21.3. The van der Waals surface area contributed by atoms with Crippen molar-refractivity contribution in [3.8, 4) is 39.9 Å². The van der Waals surface area contributed by atoms with Crippen molar-refractivity contribution in [1.82, 2.24) is 19.5 Å². The molecule has 0 amide bonds. The van der Waals surface area contributed by atoms with E-state index in [4.69, 9.17) is 15.0 Å². The van der Waals surface area contributed by atoms with Gasteiger partial charge in [-0.1, -0.05) is 109 Å². The molecular formula is C49H38N4O2S. The minimum absolute atomic E-state index is 0.296. The maximum atomic E-state index is 14.8. The van der Waals surface area contributed by atoms with E-state index in [1.54, 1.807) is 0 Å². The third-order valence-electron chi connectivity index (χ3n) is 13.6. The molecule has 6 nitrogen and oxygen atoms in total. The zero-order valence-electron chi connectivity index (χ0n) is 30.7. The van der Waals surface area contributed by atoms with Gasteiger partial charge in [-0.15, -0.1) is 0 Å². The smallest absolute Gasteiger partial charge is 0.207 e. The van der Waals surface area contributed by atoms with Gasteiger partial charge in [-0.25, -0.2) is 23.4 Å². The Kier molecular flexibility index (Phi) is 6.81. The molecule has 0 atom stereocenters. The number of aromatic nitrogens is 4. The highest BCUT2D eigenvalue weighted by Crippen LogP contribution is 2.68. The van der Waals surface area contributed by atoms with Crippen molar-refractivity contribution >= 4 is 31.6 Å². The Labute approximate surface area is 325 Å². The Morgan fingerprint density at radius 1 is 0.482 bits per heavy atom. The molecular weight excluding hydrogens is 709 g/mol. The van der Waals surface area contributed by atoms with Crippen molar-refractivity contribution in [2.45, 2.75) is 47.3 Å². The molecule has 8 aromatic rings. The van der Waals surface area contributed by atoms with Crippen LogP contribution in [0.25, 0.3) is 61.7 Å². The predicted molar refractivity (Wildman–Crippen MR) is 220 cm³/mol. The summed E-state index contributed by atoms with van der Waals surface area (Å²) >= 11 is 0. The molecule has 1 aliphatic heterocycles. The first-order chi connectivity index (χ1) is 27.5. The van der Waals surface area contributed by atoms with Gasteiger partial charge in [-0.3, -0.25) is 0 Å². The average molecular weight is 747 g/mol. The summed E-state index contributed by atoms with van der Waals surface area (Å²) in [7, 11) is -3.81. The second kappa shape index (κ2) is 11.8. The van der Waals surface area contributed by atoms with E-state index in [1.165, 1.54) is 42.9 Å². The lowest BCUT2D eigenvalue weighted by Crippen LogP contribution is -2.57. The number of benzene rings is 6. The van der Waals surface area contributed by atoms with E-state index in [9.17, 15) is 8.42 Å². The van der Waals surface area contributed by atoms with Gasteiger partial charge in [-0.05, 0) is 103 Å². The Morgan fingerprint density at radius 2 is 1.02 bits per heavy atom. The van der Waals surface area contributed by atoms with Crippen LogP contribution in [0.15, 0.2) is 155 Å². The van der Waals surface area contributed by atoms with Crippen LogP contribution in [0.1, 0.15) is 43.2 Å². The minimum atomic E-state index is -3.81. The van der Waals surface area contributed by atoms with Crippen LogP contribution in [0.3, 0.4) is 0 Å². The van der Waals surface area contributed by atoms with Crippen LogP contribution in [0.5, 0.6) is 0 Å². The number of hydrogen-bond donors (Lipinski definition) is 0. The fourth-order valence-corrected chi connectivity index (χ4v) is 13.5. The molecule has 7 heteroatoms. The summed E-state index contributed by atoms with van der Waals surface area (Å²) in [5.41, 5.74) is 7.33. The summed E-state index contributed by atoms with van der Waals surface area (Å²) in [5.74, 6) is 3.91. The van der Waals surface area contributed by atoms with Crippen LogP contribution in [0.4, 0.5) is 0 Å². The molecule has 56 heavy (non-hydrogen) atoms. The molecule has 0 N–H and O–H groups in total. The molecule has 0 radical (unpaired) electrons. The van der Waals surface area contributed by atoms with E-state index >= 15 is 0 Å². The monoisotopic (exact) mass is 746 g/mol. The van der Waals surface area contributed by atoms with Gasteiger partial charge in [0.15, 0.2) is 17.5 Å². The van der Waals surface area contributed by atoms with Crippen molar-refractivity contribution in [2.24, 2.45) is 23.7 Å². The Morgan fingerprint density at radius 3 is 1.70 bits per heavy atom. The molecule has 13 rings (SSSR count). The summed E-state index contributed by atoms with van der Waals surface area (Å²) in [6.45, 7) is 0. The molecule has 4 aliphatic carbocycles. The van der Waals surface area contributed by atoms with E-state index in [2.05, 4.69) is 83.4 Å². The van der Waals surface area contributed by atoms with Gasteiger partial charge in [0.2, 0.25) is 9.84 Å². The second-order valence-electron chi connectivity index (χ2n) is 16.5. The number of fused-ring (bicyclic) bond motifs is 5. The summed E-state index contributed by atoms with van der Waals surface area (Å²) in [4.78, 5) is 16.1. The summed E-state index contributed by atoms with van der Waals surface area (Å²) < 4.78 is 31.8. The molecule has 272 valence electrons. The molecule has 5 aliphatic rings. The summed E-state index contributed by atoms with van der Waals surface area (Å²) in [6, 6.07) is 49.2. The van der Waals surface area contributed by atoms with Gasteiger partial charge in [0.05, 0.1) is 20.8 Å². The molecule has 0 unspecified atom stereocenters. The van der Waals surface area contributed by atoms with E-state index < -0.39 is 9.84 Å². The Balaban J connectivity index is 1.04. The average Bonchev–Trinajstić information content (AvgIpc) is 3.58. The van der Waals surface area contributed by atoms with E-state index in [0.29, 0.717) is 44.7 Å². The van der Waals surface area contributed by atoms with Crippen molar-refractivity contribution in [2.75, 3.05) is 0 Å². The van der Waals surface area contributed by atoms with Crippen LogP contribution in [-0.2, 0) is 15.3 Å². The van der Waals surface area contributed by atoms with E-state index in [0.717, 1.165) is 50.8 Å².